The molecule has 3 rings (SSSR count). The summed E-state index contributed by atoms with van der Waals surface area (Å²) in [5.41, 5.74) is 0. The molecule has 4 nitrogen and oxygen atoms in total. The molecule has 3 heterocycles. The second-order valence-electron chi connectivity index (χ2n) is 6.49. The van der Waals surface area contributed by atoms with E-state index in [1.807, 2.05) is 11.0 Å². The predicted octanol–water partition coefficient (Wildman–Crippen LogP) is 2.39. The second kappa shape index (κ2) is 6.87. The summed E-state index contributed by atoms with van der Waals surface area (Å²) in [5, 5.41) is 0. The van der Waals surface area contributed by atoms with Gasteiger partial charge in [-0.3, -0.25) is 14.6 Å². The quantitative estimate of drug-likeness (QED) is 0.844. The van der Waals surface area contributed by atoms with Crippen molar-refractivity contribution in [3.63, 3.8) is 0 Å². The van der Waals surface area contributed by atoms with Crippen molar-refractivity contribution in [2.24, 2.45) is 5.92 Å². The van der Waals surface area contributed by atoms with Crippen LogP contribution in [0.1, 0.15) is 18.7 Å². The maximum Gasteiger partial charge on any atom is 0.219 e. The van der Waals surface area contributed by atoms with E-state index in [4.69, 9.17) is 11.6 Å². The van der Waals surface area contributed by atoms with Crippen molar-refractivity contribution in [1.29, 1.82) is 0 Å². The number of carbonyl (C=O) groups excluding carboxylic acids is 1. The van der Waals surface area contributed by atoms with Crippen molar-refractivity contribution in [2.45, 2.75) is 26.4 Å². The van der Waals surface area contributed by atoms with E-state index in [9.17, 15) is 4.79 Å². The fraction of sp³-hybridized carbons (Fsp3) is 0.688. The lowest BCUT2D eigenvalue weighted by atomic mass is 10.0. The van der Waals surface area contributed by atoms with Gasteiger partial charge in [-0.05, 0) is 18.1 Å². The average molecular weight is 342 g/mol. The first-order chi connectivity index (χ1) is 10.5. The summed E-state index contributed by atoms with van der Waals surface area (Å²) in [6, 6.07) is 4.74. The first-order valence-electron chi connectivity index (χ1n) is 7.99. The fourth-order valence-electron chi connectivity index (χ4n) is 3.68. The molecule has 1 amide bonds. The minimum atomic E-state index is 0.204. The van der Waals surface area contributed by atoms with Gasteiger partial charge >= 0.3 is 0 Å². The Bertz CT molecular complexity index is 527. The third-order valence-electron chi connectivity index (χ3n) is 4.89. The van der Waals surface area contributed by atoms with Crippen molar-refractivity contribution in [2.75, 3.05) is 39.3 Å². The summed E-state index contributed by atoms with van der Waals surface area (Å²) >= 11 is 7.71. The number of carbonyl (C=O) groups is 1. The van der Waals surface area contributed by atoms with Gasteiger partial charge < -0.3 is 4.90 Å². The number of nitrogens with zero attached hydrogens (tertiary/aromatic N) is 3. The summed E-state index contributed by atoms with van der Waals surface area (Å²) in [4.78, 5) is 19.9. The van der Waals surface area contributed by atoms with Crippen molar-refractivity contribution in [3.8, 4) is 0 Å². The van der Waals surface area contributed by atoms with Crippen LogP contribution in [0.5, 0.6) is 0 Å². The van der Waals surface area contributed by atoms with Crippen LogP contribution >= 0.6 is 22.9 Å². The van der Waals surface area contributed by atoms with Crippen LogP contribution in [-0.2, 0) is 11.3 Å². The molecule has 1 aromatic rings. The van der Waals surface area contributed by atoms with E-state index in [1.54, 1.807) is 18.3 Å². The highest BCUT2D eigenvalue weighted by Gasteiger charge is 2.35. The molecule has 0 N–H and O–H groups in total. The number of amides is 1. The number of likely N-dealkylation sites (tertiary alicyclic amines) is 1. The van der Waals surface area contributed by atoms with Gasteiger partial charge in [-0.2, -0.15) is 0 Å². The Balaban J connectivity index is 1.54. The Kier molecular flexibility index (Phi) is 5.07. The summed E-state index contributed by atoms with van der Waals surface area (Å²) in [5.74, 6) is 0.884. The number of rotatable bonds is 3. The fourth-order valence-corrected chi connectivity index (χ4v) is 4.81. The van der Waals surface area contributed by atoms with E-state index in [0.29, 0.717) is 12.0 Å². The van der Waals surface area contributed by atoms with E-state index < -0.39 is 0 Å². The van der Waals surface area contributed by atoms with Gasteiger partial charge in [0, 0.05) is 63.7 Å². The normalized spacial score (nSPS) is 27.5. The van der Waals surface area contributed by atoms with E-state index in [1.165, 1.54) is 4.88 Å². The predicted molar refractivity (Wildman–Crippen MR) is 91.4 cm³/mol. The van der Waals surface area contributed by atoms with Crippen molar-refractivity contribution in [1.82, 2.24) is 14.7 Å². The highest BCUT2D eigenvalue weighted by atomic mass is 35.5. The van der Waals surface area contributed by atoms with Gasteiger partial charge in [0.2, 0.25) is 5.91 Å². The monoisotopic (exact) mass is 341 g/mol. The van der Waals surface area contributed by atoms with Gasteiger partial charge in [0.25, 0.3) is 0 Å². The van der Waals surface area contributed by atoms with Crippen molar-refractivity contribution in [3.05, 3.63) is 21.3 Å². The molecule has 2 aliphatic heterocycles. The van der Waals surface area contributed by atoms with Crippen LogP contribution in [-0.4, -0.2) is 65.9 Å². The SMILES string of the molecule is CC(=O)N1CCN([C@H]2CN(Cc3ccc(Cl)s3)C[C@@H]2C)CC1. The molecule has 22 heavy (non-hydrogen) atoms. The summed E-state index contributed by atoms with van der Waals surface area (Å²) in [6.45, 7) is 11.1. The molecule has 0 aromatic carbocycles. The van der Waals surface area contributed by atoms with Gasteiger partial charge in [-0.25, -0.2) is 0 Å². The third-order valence-corrected chi connectivity index (χ3v) is 6.10. The van der Waals surface area contributed by atoms with Gasteiger partial charge in [-0.1, -0.05) is 18.5 Å². The largest absolute Gasteiger partial charge is 0.340 e. The third kappa shape index (κ3) is 3.65. The zero-order chi connectivity index (χ0) is 15.7. The zero-order valence-electron chi connectivity index (χ0n) is 13.3. The molecule has 2 saturated heterocycles. The standard InChI is InChI=1S/C16H24ClN3OS/c1-12-9-18(10-14-3-4-16(17)22-14)11-15(12)20-7-5-19(6-8-20)13(2)21/h3-4,12,15H,5-11H2,1-2H3/t12-,15-/m0/s1. The lowest BCUT2D eigenvalue weighted by molar-refractivity contribution is -0.130. The van der Waals surface area contributed by atoms with Crippen LogP contribution in [0.15, 0.2) is 12.1 Å². The average Bonchev–Trinajstić information content (AvgIpc) is 3.05. The molecule has 2 aliphatic rings. The molecule has 0 bridgehead atoms. The van der Waals surface area contributed by atoms with Crippen molar-refractivity contribution >= 4 is 28.8 Å². The van der Waals surface area contributed by atoms with Crippen LogP contribution in [0, 0.1) is 5.92 Å². The molecule has 122 valence electrons. The van der Waals surface area contributed by atoms with Crippen LogP contribution in [0.2, 0.25) is 4.34 Å². The number of thiophene rings is 1. The molecule has 0 radical (unpaired) electrons. The zero-order valence-corrected chi connectivity index (χ0v) is 14.9. The highest BCUT2D eigenvalue weighted by Crippen LogP contribution is 2.27. The van der Waals surface area contributed by atoms with Gasteiger partial charge in [0.15, 0.2) is 0 Å². The molecule has 1 aromatic heterocycles. The smallest absolute Gasteiger partial charge is 0.219 e. The number of halogens is 1. The number of hydrogen-bond donors (Lipinski definition) is 0. The molecular weight excluding hydrogens is 318 g/mol. The van der Waals surface area contributed by atoms with Gasteiger partial charge in [0.05, 0.1) is 4.34 Å². The first-order valence-corrected chi connectivity index (χ1v) is 9.18. The molecule has 0 saturated carbocycles. The van der Waals surface area contributed by atoms with Crippen LogP contribution < -0.4 is 0 Å². The second-order valence-corrected chi connectivity index (χ2v) is 8.29. The molecule has 6 heteroatoms. The van der Waals surface area contributed by atoms with E-state index in [-0.39, 0.29) is 5.91 Å². The van der Waals surface area contributed by atoms with Crippen LogP contribution in [0.3, 0.4) is 0 Å². The Labute approximate surface area is 141 Å². The maximum atomic E-state index is 11.4. The lowest BCUT2D eigenvalue weighted by Gasteiger charge is -2.39. The molecular formula is C16H24ClN3OS. The van der Waals surface area contributed by atoms with Gasteiger partial charge in [-0.15, -0.1) is 11.3 Å². The Morgan fingerprint density at radius 3 is 2.59 bits per heavy atom. The summed E-state index contributed by atoms with van der Waals surface area (Å²) < 4.78 is 0.874. The summed E-state index contributed by atoms with van der Waals surface area (Å²) in [7, 11) is 0. The van der Waals surface area contributed by atoms with E-state index in [0.717, 1.165) is 50.1 Å². The van der Waals surface area contributed by atoms with Crippen molar-refractivity contribution < 1.29 is 4.79 Å². The lowest BCUT2D eigenvalue weighted by Crippen LogP contribution is -2.53. The molecule has 0 unspecified atom stereocenters. The van der Waals surface area contributed by atoms with Crippen LogP contribution in [0.4, 0.5) is 0 Å². The number of piperazine rings is 1. The van der Waals surface area contributed by atoms with Gasteiger partial charge in [0.1, 0.15) is 0 Å². The maximum absolute atomic E-state index is 11.4. The molecule has 0 spiro atoms. The molecule has 2 fully saturated rings. The minimum Gasteiger partial charge on any atom is -0.340 e. The first kappa shape index (κ1) is 16.2. The molecule has 0 aliphatic carbocycles. The van der Waals surface area contributed by atoms with E-state index >= 15 is 0 Å². The Morgan fingerprint density at radius 1 is 1.27 bits per heavy atom. The Hall–Kier alpha value is -0.620. The number of hydrogen-bond acceptors (Lipinski definition) is 4. The minimum absolute atomic E-state index is 0.204. The van der Waals surface area contributed by atoms with E-state index in [2.05, 4.69) is 22.8 Å². The highest BCUT2D eigenvalue weighted by molar-refractivity contribution is 7.16. The summed E-state index contributed by atoms with van der Waals surface area (Å²) in [6.07, 6.45) is 0. The topological polar surface area (TPSA) is 26.8 Å². The van der Waals surface area contributed by atoms with Crippen LogP contribution in [0.25, 0.3) is 0 Å². The Morgan fingerprint density at radius 2 is 2.00 bits per heavy atom. The molecule has 2 atom stereocenters.